The summed E-state index contributed by atoms with van der Waals surface area (Å²) < 4.78 is 0. The Balaban J connectivity index is 1.48. The molecule has 0 radical (unpaired) electrons. The smallest absolute Gasteiger partial charge is 0.143 e. The minimum atomic E-state index is 0.764. The number of benzene rings is 1. The number of hydrogen-bond acceptors (Lipinski definition) is 3. The highest BCUT2D eigenvalue weighted by Crippen LogP contribution is 2.38. The van der Waals surface area contributed by atoms with Gasteiger partial charge in [0.05, 0.1) is 0 Å². The molecule has 1 fully saturated rings. The molecule has 0 unspecified atom stereocenters. The van der Waals surface area contributed by atoms with Crippen molar-refractivity contribution in [3.05, 3.63) is 34.8 Å². The molecule has 0 amide bonds. The van der Waals surface area contributed by atoms with Crippen LogP contribution in [0.5, 0.6) is 0 Å². The van der Waals surface area contributed by atoms with Gasteiger partial charge in [0.1, 0.15) is 10.0 Å². The van der Waals surface area contributed by atoms with Crippen LogP contribution in [0.2, 0.25) is 0 Å². The monoisotopic (exact) mass is 398 g/mol. The van der Waals surface area contributed by atoms with Crippen LogP contribution >= 0.6 is 11.3 Å². The quantitative estimate of drug-likeness (QED) is 0.357. The van der Waals surface area contributed by atoms with E-state index in [1.165, 1.54) is 93.2 Å². The van der Waals surface area contributed by atoms with E-state index in [0.29, 0.717) is 0 Å². The first-order valence-corrected chi connectivity index (χ1v) is 12.5. The Labute approximate surface area is 176 Å². The van der Waals surface area contributed by atoms with Gasteiger partial charge in [0.2, 0.25) is 0 Å². The summed E-state index contributed by atoms with van der Waals surface area (Å²) >= 11 is 1.77. The SMILES string of the molecule is CCCCCCc1nnc(-c2ccc(C3CCC(CCCCC)CC3)cc2)s1. The molecule has 2 aromatic rings. The topological polar surface area (TPSA) is 25.8 Å². The molecule has 154 valence electrons. The summed E-state index contributed by atoms with van der Waals surface area (Å²) in [6.07, 6.45) is 17.5. The molecule has 0 atom stereocenters. The summed E-state index contributed by atoms with van der Waals surface area (Å²) in [5.74, 6) is 1.75. The summed E-state index contributed by atoms with van der Waals surface area (Å²) in [5, 5.41) is 11.1. The number of aryl methyl sites for hydroxylation is 1. The number of rotatable bonds is 11. The van der Waals surface area contributed by atoms with Crippen molar-refractivity contribution >= 4 is 11.3 Å². The molecule has 3 heteroatoms. The second-order valence-corrected chi connectivity index (χ2v) is 9.71. The van der Waals surface area contributed by atoms with Gasteiger partial charge in [-0.15, -0.1) is 10.2 Å². The minimum absolute atomic E-state index is 0.764. The third-order valence-corrected chi connectivity index (χ3v) is 7.43. The fourth-order valence-electron chi connectivity index (χ4n) is 4.54. The molecule has 0 aliphatic heterocycles. The molecule has 0 N–H and O–H groups in total. The van der Waals surface area contributed by atoms with Crippen LogP contribution in [-0.2, 0) is 6.42 Å². The van der Waals surface area contributed by atoms with Crippen molar-refractivity contribution < 1.29 is 0 Å². The highest BCUT2D eigenvalue weighted by molar-refractivity contribution is 7.14. The van der Waals surface area contributed by atoms with Crippen LogP contribution in [-0.4, -0.2) is 10.2 Å². The van der Waals surface area contributed by atoms with Gasteiger partial charge < -0.3 is 0 Å². The Morgan fingerprint density at radius 3 is 2.25 bits per heavy atom. The number of nitrogens with zero attached hydrogens (tertiary/aromatic N) is 2. The largest absolute Gasteiger partial charge is 0.147 e. The lowest BCUT2D eigenvalue weighted by molar-refractivity contribution is 0.303. The molecule has 1 aliphatic carbocycles. The van der Waals surface area contributed by atoms with E-state index in [1.54, 1.807) is 11.3 Å². The molecule has 1 aliphatic rings. The summed E-state index contributed by atoms with van der Waals surface area (Å²) in [6, 6.07) is 9.23. The first-order valence-electron chi connectivity index (χ1n) is 11.7. The van der Waals surface area contributed by atoms with Gasteiger partial charge in [-0.05, 0) is 49.5 Å². The van der Waals surface area contributed by atoms with Crippen LogP contribution in [0.3, 0.4) is 0 Å². The molecule has 2 nitrogen and oxygen atoms in total. The van der Waals surface area contributed by atoms with Crippen LogP contribution in [0, 0.1) is 5.92 Å². The Morgan fingerprint density at radius 2 is 1.54 bits per heavy atom. The van der Waals surface area contributed by atoms with Crippen LogP contribution in [0.4, 0.5) is 0 Å². The summed E-state index contributed by atoms with van der Waals surface area (Å²) in [4.78, 5) is 0. The van der Waals surface area contributed by atoms with E-state index in [-0.39, 0.29) is 0 Å². The minimum Gasteiger partial charge on any atom is -0.143 e. The van der Waals surface area contributed by atoms with Crippen molar-refractivity contribution in [2.24, 2.45) is 5.92 Å². The Kier molecular flexibility index (Phi) is 8.98. The van der Waals surface area contributed by atoms with Gasteiger partial charge in [0, 0.05) is 12.0 Å². The van der Waals surface area contributed by atoms with Crippen LogP contribution in [0.1, 0.15) is 107 Å². The second kappa shape index (κ2) is 11.7. The van der Waals surface area contributed by atoms with E-state index in [9.17, 15) is 0 Å². The fourth-order valence-corrected chi connectivity index (χ4v) is 5.43. The zero-order valence-corrected chi connectivity index (χ0v) is 18.8. The molecule has 28 heavy (non-hydrogen) atoms. The zero-order valence-electron chi connectivity index (χ0n) is 18.0. The first kappa shape index (κ1) is 21.5. The zero-order chi connectivity index (χ0) is 19.6. The van der Waals surface area contributed by atoms with Crippen LogP contribution in [0.15, 0.2) is 24.3 Å². The van der Waals surface area contributed by atoms with Crippen LogP contribution in [0.25, 0.3) is 10.6 Å². The molecule has 1 saturated carbocycles. The number of aromatic nitrogens is 2. The number of unbranched alkanes of at least 4 members (excludes halogenated alkanes) is 5. The summed E-state index contributed by atoms with van der Waals surface area (Å²) in [5.41, 5.74) is 2.76. The van der Waals surface area contributed by atoms with E-state index in [1.807, 2.05) is 0 Å². The average Bonchev–Trinajstić information content (AvgIpc) is 3.21. The summed E-state index contributed by atoms with van der Waals surface area (Å²) in [6.45, 7) is 4.56. The highest BCUT2D eigenvalue weighted by atomic mass is 32.1. The lowest BCUT2D eigenvalue weighted by Crippen LogP contribution is -2.13. The Hall–Kier alpha value is -1.22. The fraction of sp³-hybridized carbons (Fsp3) is 0.680. The van der Waals surface area contributed by atoms with E-state index in [0.717, 1.165) is 23.3 Å². The van der Waals surface area contributed by atoms with Gasteiger partial charge in [-0.2, -0.15) is 0 Å². The van der Waals surface area contributed by atoms with E-state index in [2.05, 4.69) is 48.3 Å². The van der Waals surface area contributed by atoms with Gasteiger partial charge >= 0.3 is 0 Å². The molecule has 1 heterocycles. The molecule has 0 spiro atoms. The maximum absolute atomic E-state index is 4.44. The molecule has 1 aromatic heterocycles. The van der Waals surface area contributed by atoms with Crippen molar-refractivity contribution in [2.45, 2.75) is 103 Å². The van der Waals surface area contributed by atoms with Crippen molar-refractivity contribution in [1.82, 2.24) is 10.2 Å². The van der Waals surface area contributed by atoms with Crippen molar-refractivity contribution in [3.8, 4) is 10.6 Å². The maximum atomic E-state index is 4.44. The van der Waals surface area contributed by atoms with Crippen molar-refractivity contribution in [2.75, 3.05) is 0 Å². The summed E-state index contributed by atoms with van der Waals surface area (Å²) in [7, 11) is 0. The van der Waals surface area contributed by atoms with Gasteiger partial charge in [-0.25, -0.2) is 0 Å². The normalized spacial score (nSPS) is 19.8. The lowest BCUT2D eigenvalue weighted by Gasteiger charge is -2.29. The third-order valence-electron chi connectivity index (χ3n) is 6.40. The van der Waals surface area contributed by atoms with Crippen LogP contribution < -0.4 is 0 Å². The molecular formula is C25H38N2S. The molecule has 0 saturated heterocycles. The van der Waals surface area contributed by atoms with Crippen molar-refractivity contribution in [1.29, 1.82) is 0 Å². The molecule has 3 rings (SSSR count). The molecular weight excluding hydrogens is 360 g/mol. The lowest BCUT2D eigenvalue weighted by atomic mass is 9.77. The van der Waals surface area contributed by atoms with E-state index >= 15 is 0 Å². The van der Waals surface area contributed by atoms with E-state index in [4.69, 9.17) is 0 Å². The molecule has 1 aromatic carbocycles. The van der Waals surface area contributed by atoms with Crippen molar-refractivity contribution in [3.63, 3.8) is 0 Å². The van der Waals surface area contributed by atoms with Gasteiger partial charge in [0.15, 0.2) is 0 Å². The highest BCUT2D eigenvalue weighted by Gasteiger charge is 2.22. The third kappa shape index (κ3) is 6.40. The van der Waals surface area contributed by atoms with Gasteiger partial charge in [-0.1, -0.05) is 94.4 Å². The average molecular weight is 399 g/mol. The van der Waals surface area contributed by atoms with Gasteiger partial charge in [0.25, 0.3) is 0 Å². The Bertz CT molecular complexity index is 668. The van der Waals surface area contributed by atoms with Gasteiger partial charge in [-0.3, -0.25) is 0 Å². The van der Waals surface area contributed by atoms with E-state index < -0.39 is 0 Å². The maximum Gasteiger partial charge on any atom is 0.147 e. The Morgan fingerprint density at radius 1 is 0.821 bits per heavy atom. The standard InChI is InChI=1S/C25H38N2S/c1-3-5-7-9-11-24-26-27-25(28-24)23-18-16-22(17-19-23)21-14-12-20(13-15-21)10-8-6-4-2/h16-21H,3-15H2,1-2H3. The first-order chi connectivity index (χ1) is 13.8. The second-order valence-electron chi connectivity index (χ2n) is 8.65. The predicted molar refractivity (Wildman–Crippen MR) is 122 cm³/mol. The molecule has 0 bridgehead atoms. The number of hydrogen-bond donors (Lipinski definition) is 0. The predicted octanol–water partition coefficient (Wildman–Crippen LogP) is 8.18.